The smallest absolute Gasteiger partial charge is 0.0788 e. The number of aliphatic hydroxyl groups is 1. The van der Waals surface area contributed by atoms with Gasteiger partial charge in [-0.2, -0.15) is 0 Å². The monoisotopic (exact) mass is 292 g/mol. The van der Waals surface area contributed by atoms with Crippen LogP contribution < -0.4 is 5.73 Å². The van der Waals surface area contributed by atoms with Crippen LogP contribution in [-0.4, -0.2) is 42.8 Å². The van der Waals surface area contributed by atoms with Gasteiger partial charge in [0.25, 0.3) is 0 Å². The molecule has 0 aliphatic carbocycles. The number of hydrogen-bond donors (Lipinski definition) is 2. The third-order valence-corrected chi connectivity index (χ3v) is 3.91. The summed E-state index contributed by atoms with van der Waals surface area (Å²) < 4.78 is 1.15. The third-order valence-electron chi connectivity index (χ3n) is 2.16. The van der Waals surface area contributed by atoms with Crippen molar-refractivity contribution in [1.29, 1.82) is 0 Å². The molecular weight excluding hydrogens is 276 g/mol. The van der Waals surface area contributed by atoms with Gasteiger partial charge in [0.2, 0.25) is 0 Å². The predicted molar refractivity (Wildman–Crippen MR) is 68.3 cm³/mol. The zero-order valence-electron chi connectivity index (χ0n) is 8.82. The molecule has 5 heteroatoms. The highest BCUT2D eigenvalue weighted by molar-refractivity contribution is 9.10. The molecule has 1 rings (SSSR count). The Hall–Kier alpha value is 0.0600. The van der Waals surface area contributed by atoms with Crippen LogP contribution >= 0.6 is 27.3 Å². The molecule has 0 saturated heterocycles. The fourth-order valence-electron chi connectivity index (χ4n) is 1.31. The van der Waals surface area contributed by atoms with Gasteiger partial charge in [0.05, 0.1) is 6.10 Å². The molecule has 0 saturated carbocycles. The first-order chi connectivity index (χ1) is 7.11. The predicted octanol–water partition coefficient (Wildman–Crippen LogP) is 1.30. The fourth-order valence-corrected chi connectivity index (χ4v) is 2.76. The van der Waals surface area contributed by atoms with E-state index >= 15 is 0 Å². The third kappa shape index (κ3) is 5.08. The SMILES string of the molecule is CN(CCc1cc(Br)cs1)CC(O)CN. The van der Waals surface area contributed by atoms with Crippen molar-refractivity contribution in [3.63, 3.8) is 0 Å². The van der Waals surface area contributed by atoms with E-state index in [0.717, 1.165) is 17.4 Å². The fraction of sp³-hybridized carbons (Fsp3) is 0.600. The Morgan fingerprint density at radius 1 is 1.67 bits per heavy atom. The first-order valence-electron chi connectivity index (χ1n) is 4.91. The lowest BCUT2D eigenvalue weighted by molar-refractivity contribution is 0.133. The first kappa shape index (κ1) is 13.1. The summed E-state index contributed by atoms with van der Waals surface area (Å²) in [4.78, 5) is 3.46. The Balaban J connectivity index is 2.25. The van der Waals surface area contributed by atoms with Crippen LogP contribution in [0.5, 0.6) is 0 Å². The van der Waals surface area contributed by atoms with Crippen LogP contribution in [0.4, 0.5) is 0 Å². The molecule has 0 bridgehead atoms. The van der Waals surface area contributed by atoms with E-state index in [1.165, 1.54) is 4.88 Å². The molecule has 0 aliphatic rings. The lowest BCUT2D eigenvalue weighted by atomic mass is 10.3. The second kappa shape index (κ2) is 6.60. The topological polar surface area (TPSA) is 49.5 Å². The quantitative estimate of drug-likeness (QED) is 0.831. The summed E-state index contributed by atoms with van der Waals surface area (Å²) in [6.07, 6.45) is 0.606. The van der Waals surface area contributed by atoms with Gasteiger partial charge in [0.15, 0.2) is 0 Å². The van der Waals surface area contributed by atoms with E-state index in [1.54, 1.807) is 11.3 Å². The summed E-state index contributed by atoms with van der Waals surface area (Å²) in [5.74, 6) is 0. The number of aliphatic hydroxyl groups excluding tert-OH is 1. The highest BCUT2D eigenvalue weighted by Gasteiger charge is 2.06. The largest absolute Gasteiger partial charge is 0.390 e. The molecule has 0 amide bonds. The summed E-state index contributed by atoms with van der Waals surface area (Å²) >= 11 is 5.19. The lowest BCUT2D eigenvalue weighted by Crippen LogP contribution is -2.35. The van der Waals surface area contributed by atoms with Crippen molar-refractivity contribution in [2.45, 2.75) is 12.5 Å². The minimum absolute atomic E-state index is 0.328. The van der Waals surface area contributed by atoms with Crippen molar-refractivity contribution in [1.82, 2.24) is 4.90 Å². The molecule has 86 valence electrons. The van der Waals surface area contributed by atoms with Gasteiger partial charge in [-0.1, -0.05) is 0 Å². The molecule has 0 fully saturated rings. The summed E-state index contributed by atoms with van der Waals surface area (Å²) in [7, 11) is 2.00. The van der Waals surface area contributed by atoms with Crippen LogP contribution in [0.2, 0.25) is 0 Å². The summed E-state index contributed by atoms with van der Waals surface area (Å²) in [5, 5.41) is 11.4. The molecule has 0 aliphatic heterocycles. The number of nitrogens with two attached hydrogens (primary N) is 1. The summed E-state index contributed by atoms with van der Waals surface area (Å²) in [6, 6.07) is 2.14. The minimum Gasteiger partial charge on any atom is -0.390 e. The molecule has 1 unspecified atom stereocenters. The van der Waals surface area contributed by atoms with Crippen molar-refractivity contribution >= 4 is 27.3 Å². The van der Waals surface area contributed by atoms with Gasteiger partial charge < -0.3 is 15.7 Å². The molecule has 0 aromatic carbocycles. The second-order valence-corrected chi connectivity index (χ2v) is 5.54. The number of nitrogens with zero attached hydrogens (tertiary/aromatic N) is 1. The van der Waals surface area contributed by atoms with Crippen LogP contribution in [0, 0.1) is 0 Å². The Morgan fingerprint density at radius 2 is 2.40 bits per heavy atom. The van der Waals surface area contributed by atoms with Gasteiger partial charge in [-0.05, 0) is 35.5 Å². The van der Waals surface area contributed by atoms with E-state index in [-0.39, 0.29) is 0 Å². The molecule has 1 atom stereocenters. The van der Waals surface area contributed by atoms with E-state index < -0.39 is 6.10 Å². The maximum atomic E-state index is 9.36. The number of rotatable bonds is 6. The maximum Gasteiger partial charge on any atom is 0.0788 e. The van der Waals surface area contributed by atoms with Crippen molar-refractivity contribution < 1.29 is 5.11 Å². The Labute approximate surface area is 103 Å². The van der Waals surface area contributed by atoms with E-state index in [1.807, 2.05) is 7.05 Å². The molecule has 1 heterocycles. The van der Waals surface area contributed by atoms with Crippen LogP contribution in [-0.2, 0) is 6.42 Å². The average molecular weight is 293 g/mol. The van der Waals surface area contributed by atoms with Crippen LogP contribution in [0.25, 0.3) is 0 Å². The molecule has 3 nitrogen and oxygen atoms in total. The van der Waals surface area contributed by atoms with Gasteiger partial charge in [0, 0.05) is 34.4 Å². The van der Waals surface area contributed by atoms with Crippen LogP contribution in [0.1, 0.15) is 4.88 Å². The molecule has 0 radical (unpaired) electrons. The van der Waals surface area contributed by atoms with Crippen molar-refractivity contribution in [3.05, 3.63) is 20.8 Å². The number of thiophene rings is 1. The van der Waals surface area contributed by atoms with E-state index in [2.05, 4.69) is 32.3 Å². The van der Waals surface area contributed by atoms with Crippen LogP contribution in [0.15, 0.2) is 15.9 Å². The second-order valence-electron chi connectivity index (χ2n) is 3.63. The van der Waals surface area contributed by atoms with E-state index in [4.69, 9.17) is 5.73 Å². The summed E-state index contributed by atoms with van der Waals surface area (Å²) in [6.45, 7) is 1.92. The number of halogens is 1. The highest BCUT2D eigenvalue weighted by atomic mass is 79.9. The zero-order chi connectivity index (χ0) is 11.3. The molecule has 15 heavy (non-hydrogen) atoms. The summed E-state index contributed by atoms with van der Waals surface area (Å²) in [5.41, 5.74) is 5.35. The Bertz CT molecular complexity index is 293. The van der Waals surface area contributed by atoms with Gasteiger partial charge in [-0.15, -0.1) is 11.3 Å². The lowest BCUT2D eigenvalue weighted by Gasteiger charge is -2.18. The first-order valence-corrected chi connectivity index (χ1v) is 6.58. The molecule has 0 spiro atoms. The minimum atomic E-state index is -0.412. The Morgan fingerprint density at radius 3 is 2.93 bits per heavy atom. The molecule has 3 N–H and O–H groups in total. The van der Waals surface area contributed by atoms with Gasteiger partial charge in [-0.3, -0.25) is 0 Å². The van der Waals surface area contributed by atoms with E-state index in [0.29, 0.717) is 13.1 Å². The zero-order valence-corrected chi connectivity index (χ0v) is 11.2. The van der Waals surface area contributed by atoms with Crippen molar-refractivity contribution in [2.24, 2.45) is 5.73 Å². The standard InChI is InChI=1S/C10H17BrN2OS/c1-13(6-9(14)5-12)3-2-10-4-8(11)7-15-10/h4,7,9,14H,2-3,5-6,12H2,1H3. The van der Waals surface area contributed by atoms with Crippen molar-refractivity contribution in [3.8, 4) is 0 Å². The van der Waals surface area contributed by atoms with Gasteiger partial charge in [0.1, 0.15) is 0 Å². The highest BCUT2D eigenvalue weighted by Crippen LogP contribution is 2.20. The van der Waals surface area contributed by atoms with Crippen LogP contribution in [0.3, 0.4) is 0 Å². The van der Waals surface area contributed by atoms with Gasteiger partial charge in [-0.25, -0.2) is 0 Å². The maximum absolute atomic E-state index is 9.36. The van der Waals surface area contributed by atoms with Crippen molar-refractivity contribution in [2.75, 3.05) is 26.7 Å². The molecule has 1 aromatic heterocycles. The van der Waals surface area contributed by atoms with E-state index in [9.17, 15) is 5.11 Å². The molecular formula is C10H17BrN2OS. The molecule has 1 aromatic rings. The number of hydrogen-bond acceptors (Lipinski definition) is 4. The normalized spacial score (nSPS) is 13.4. The van der Waals surface area contributed by atoms with Gasteiger partial charge >= 0.3 is 0 Å². The Kier molecular flexibility index (Phi) is 5.78. The average Bonchev–Trinajstić information content (AvgIpc) is 2.61. The number of likely N-dealkylation sites (N-methyl/N-ethyl adjacent to an activating group) is 1.